The first kappa shape index (κ1) is 71.3. The lowest BCUT2D eigenvalue weighted by Crippen LogP contribution is -2.61. The van der Waals surface area contributed by atoms with E-state index in [1.165, 1.54) is 103 Å². The van der Waals surface area contributed by atoms with Crippen molar-refractivity contribution in [3.8, 4) is 0 Å². The highest BCUT2D eigenvalue weighted by atomic mass is 16.7. The van der Waals surface area contributed by atoms with Gasteiger partial charge in [0, 0.05) is 6.42 Å². The fourth-order valence-corrected chi connectivity index (χ4v) is 8.95. The smallest absolute Gasteiger partial charge is 0.306 e. The molecule has 0 spiro atoms. The maximum Gasteiger partial charge on any atom is 0.306 e. The monoisotopic (exact) mass is 1080 g/mol. The maximum absolute atomic E-state index is 13.4. The zero-order chi connectivity index (χ0) is 56.1. The van der Waals surface area contributed by atoms with Crippen LogP contribution in [0.5, 0.6) is 0 Å². The normalized spacial score (nSPS) is 19.8. The zero-order valence-corrected chi connectivity index (χ0v) is 48.5. The Labute approximate surface area is 468 Å². The number of carbonyl (C=O) groups is 2. The summed E-state index contributed by atoms with van der Waals surface area (Å²) in [6, 6.07) is -1.04. The molecule has 8 atom stereocenters. The van der Waals surface area contributed by atoms with Gasteiger partial charge in [0.25, 0.3) is 0 Å². The summed E-state index contributed by atoms with van der Waals surface area (Å²) < 4.78 is 17.6. The summed E-state index contributed by atoms with van der Waals surface area (Å²) in [7, 11) is 0. The lowest BCUT2D eigenvalue weighted by molar-refractivity contribution is -0.305. The van der Waals surface area contributed by atoms with E-state index in [2.05, 4.69) is 62.5 Å². The first-order valence-corrected chi connectivity index (χ1v) is 30.7. The quantitative estimate of drug-likeness (QED) is 0.0149. The molecule has 11 nitrogen and oxygen atoms in total. The molecule has 1 heterocycles. The van der Waals surface area contributed by atoms with Crippen molar-refractivity contribution in [2.24, 2.45) is 0 Å². The average Bonchev–Trinajstić information content (AvgIpc) is 3.43. The van der Waals surface area contributed by atoms with Gasteiger partial charge in [0.2, 0.25) is 5.91 Å². The Bertz CT molecular complexity index is 1660. The van der Waals surface area contributed by atoms with Crippen LogP contribution in [0, 0.1) is 0 Å². The second kappa shape index (κ2) is 53.0. The second-order valence-electron chi connectivity index (χ2n) is 20.9. The minimum Gasteiger partial charge on any atom is -0.454 e. The molecule has 0 saturated carbocycles. The minimum atomic E-state index is -1.64. The number of aliphatic hydroxyl groups is 5. The Balaban J connectivity index is 2.70. The number of nitrogens with one attached hydrogen (secondary N) is 1. The Morgan fingerprint density at radius 3 is 1.53 bits per heavy atom. The molecule has 0 bridgehead atoms. The molecule has 0 aromatic carbocycles. The van der Waals surface area contributed by atoms with Gasteiger partial charge in [-0.3, -0.25) is 9.59 Å². The summed E-state index contributed by atoms with van der Waals surface area (Å²) in [5.74, 6) is -1.25. The summed E-state index contributed by atoms with van der Waals surface area (Å²) in [5, 5.41) is 56.9. The standard InChI is InChI=1S/C66H111NO10/c1-4-7-10-13-16-19-22-24-26-28-29-30-32-33-35-38-41-44-47-50-53-59(70)65(74)67-57(58(69)52-49-46-43-40-37-21-18-15-12-9-6-3)56-75-66-64(63(73)62(72)60(55-68)76-66)77-61(71)54-51-48-45-42-39-36-34-31-27-25-23-20-17-14-11-8-5-2/h8,11,14,16-17,19-20,23-27,31,34,36,39,49,52,57-60,62-64,66,68-70,72-73H,4-7,9-10,12-13,15,18,21-22,28-30,32-33,35,37-38,40-48,50-51,53-56H2,1-3H3,(H,67,74)/b11-8-,17-14+,19-16-,23-20+,26-24-,27-25-,34-31+,39-36+,52-49+. The van der Waals surface area contributed by atoms with E-state index in [-0.39, 0.29) is 19.4 Å². The SMILES string of the molecule is CC\C=C/C=C/C=C/C=C\C=C\C=C\CCCCCC(=O)OC1C(OCC(NC(=O)C(O)CCCCCCCCCCCC/C=C\C/C=C\CCCCC)C(O)/C=C/CCCCCCCCCCC)OC(CO)C(O)C1O. The van der Waals surface area contributed by atoms with Gasteiger partial charge < -0.3 is 45.1 Å². The number of esters is 1. The van der Waals surface area contributed by atoms with Crippen molar-refractivity contribution in [1.82, 2.24) is 5.32 Å². The first-order chi connectivity index (χ1) is 37.7. The maximum atomic E-state index is 13.4. The number of hydrogen-bond acceptors (Lipinski definition) is 10. The molecule has 6 N–H and O–H groups in total. The van der Waals surface area contributed by atoms with Gasteiger partial charge >= 0.3 is 5.97 Å². The van der Waals surface area contributed by atoms with Gasteiger partial charge in [0.15, 0.2) is 12.4 Å². The van der Waals surface area contributed by atoms with E-state index in [0.29, 0.717) is 12.8 Å². The van der Waals surface area contributed by atoms with Crippen LogP contribution in [0.3, 0.4) is 0 Å². The number of aliphatic hydroxyl groups excluding tert-OH is 5. The van der Waals surface area contributed by atoms with Crippen LogP contribution in [-0.4, -0.2) is 99.6 Å². The van der Waals surface area contributed by atoms with Gasteiger partial charge in [0.1, 0.15) is 24.4 Å². The fourth-order valence-electron chi connectivity index (χ4n) is 8.95. The van der Waals surface area contributed by atoms with Crippen LogP contribution in [0.15, 0.2) is 109 Å². The van der Waals surface area contributed by atoms with E-state index in [1.54, 1.807) is 6.08 Å². The average molecular weight is 1080 g/mol. The minimum absolute atomic E-state index is 0.0665. The molecule has 1 rings (SSSR count). The molecule has 440 valence electrons. The third-order valence-electron chi connectivity index (χ3n) is 13.8. The second-order valence-corrected chi connectivity index (χ2v) is 20.9. The number of amides is 1. The molecule has 0 aliphatic carbocycles. The summed E-state index contributed by atoms with van der Waals surface area (Å²) in [6.45, 7) is 5.58. The lowest BCUT2D eigenvalue weighted by atomic mass is 9.99. The molecule has 1 aliphatic heterocycles. The molecular formula is C66H111NO10. The molecule has 11 heteroatoms. The molecule has 77 heavy (non-hydrogen) atoms. The highest BCUT2D eigenvalue weighted by Crippen LogP contribution is 2.26. The van der Waals surface area contributed by atoms with E-state index < -0.39 is 67.4 Å². The molecule has 1 amide bonds. The molecule has 0 aromatic heterocycles. The van der Waals surface area contributed by atoms with Crippen molar-refractivity contribution in [3.63, 3.8) is 0 Å². The van der Waals surface area contributed by atoms with Crippen LogP contribution < -0.4 is 5.32 Å². The highest BCUT2D eigenvalue weighted by Gasteiger charge is 2.47. The van der Waals surface area contributed by atoms with Crippen molar-refractivity contribution in [2.75, 3.05) is 13.2 Å². The summed E-state index contributed by atoms with van der Waals surface area (Å²) in [6.07, 6.45) is 61.2. The van der Waals surface area contributed by atoms with Crippen molar-refractivity contribution in [2.45, 2.75) is 282 Å². The van der Waals surface area contributed by atoms with Gasteiger partial charge in [0.05, 0.1) is 25.4 Å². The Morgan fingerprint density at radius 2 is 0.987 bits per heavy atom. The Morgan fingerprint density at radius 1 is 0.532 bits per heavy atom. The fraction of sp³-hybridized carbons (Fsp3) is 0.697. The zero-order valence-electron chi connectivity index (χ0n) is 48.5. The van der Waals surface area contributed by atoms with Crippen molar-refractivity contribution in [3.05, 3.63) is 109 Å². The molecule has 8 unspecified atom stereocenters. The van der Waals surface area contributed by atoms with Gasteiger partial charge in [-0.25, -0.2) is 0 Å². The van der Waals surface area contributed by atoms with Crippen LogP contribution in [0.25, 0.3) is 0 Å². The molecule has 1 saturated heterocycles. The largest absolute Gasteiger partial charge is 0.454 e. The summed E-state index contributed by atoms with van der Waals surface area (Å²) in [4.78, 5) is 26.5. The van der Waals surface area contributed by atoms with Crippen LogP contribution in [-0.2, 0) is 23.8 Å². The predicted molar refractivity (Wildman–Crippen MR) is 319 cm³/mol. The van der Waals surface area contributed by atoms with E-state index in [0.717, 1.165) is 83.5 Å². The number of allylic oxidation sites excluding steroid dienone is 17. The van der Waals surface area contributed by atoms with Gasteiger partial charge in [-0.2, -0.15) is 0 Å². The lowest BCUT2D eigenvalue weighted by Gasteiger charge is -2.41. The number of rotatable bonds is 50. The summed E-state index contributed by atoms with van der Waals surface area (Å²) in [5.41, 5.74) is 0. The van der Waals surface area contributed by atoms with Crippen LogP contribution in [0.4, 0.5) is 0 Å². The number of carbonyl (C=O) groups excluding carboxylic acids is 2. The number of ether oxygens (including phenoxy) is 3. The Kier molecular flexibility index (Phi) is 49.1. The van der Waals surface area contributed by atoms with Crippen LogP contribution in [0.2, 0.25) is 0 Å². The van der Waals surface area contributed by atoms with E-state index in [4.69, 9.17) is 14.2 Å². The van der Waals surface area contributed by atoms with Crippen molar-refractivity contribution in [1.29, 1.82) is 0 Å². The van der Waals surface area contributed by atoms with E-state index >= 15 is 0 Å². The van der Waals surface area contributed by atoms with Crippen molar-refractivity contribution < 1.29 is 49.3 Å². The number of unbranched alkanes of at least 4 members (excludes halogenated alkanes) is 25. The highest BCUT2D eigenvalue weighted by molar-refractivity contribution is 5.80. The van der Waals surface area contributed by atoms with E-state index in [9.17, 15) is 35.1 Å². The van der Waals surface area contributed by atoms with E-state index in [1.807, 2.05) is 66.8 Å². The van der Waals surface area contributed by atoms with Gasteiger partial charge in [-0.15, -0.1) is 0 Å². The topological polar surface area (TPSA) is 175 Å². The summed E-state index contributed by atoms with van der Waals surface area (Å²) >= 11 is 0. The third kappa shape index (κ3) is 41.1. The molecule has 1 aliphatic rings. The molecular weight excluding hydrogens is 967 g/mol. The Hall–Kier alpha value is -3.68. The van der Waals surface area contributed by atoms with Crippen LogP contribution in [0.1, 0.15) is 233 Å². The molecule has 1 fully saturated rings. The van der Waals surface area contributed by atoms with Crippen LogP contribution >= 0.6 is 0 Å². The molecule has 0 aromatic rings. The van der Waals surface area contributed by atoms with Gasteiger partial charge in [-0.05, 0) is 77.0 Å². The first-order valence-electron chi connectivity index (χ1n) is 30.7. The predicted octanol–water partition coefficient (Wildman–Crippen LogP) is 14.5. The van der Waals surface area contributed by atoms with Gasteiger partial charge in [-0.1, -0.05) is 259 Å². The number of hydrogen-bond donors (Lipinski definition) is 6. The third-order valence-corrected chi connectivity index (χ3v) is 13.8. The van der Waals surface area contributed by atoms with Crippen molar-refractivity contribution >= 4 is 11.9 Å². The molecule has 0 radical (unpaired) electrons.